The van der Waals surface area contributed by atoms with E-state index in [4.69, 9.17) is 0 Å². The largest absolute Gasteiger partial charge is 0.305 e. The summed E-state index contributed by atoms with van der Waals surface area (Å²) >= 11 is 1.71. The summed E-state index contributed by atoms with van der Waals surface area (Å²) in [6, 6.07) is 7.80. The topological polar surface area (TPSA) is 24.9 Å². The van der Waals surface area contributed by atoms with Crippen LogP contribution in [0, 0.1) is 12.7 Å². The molecule has 0 spiro atoms. The summed E-state index contributed by atoms with van der Waals surface area (Å²) in [6.07, 6.45) is 2.16. The van der Waals surface area contributed by atoms with E-state index in [9.17, 15) is 4.39 Å². The smallest absolute Gasteiger partial charge is 0.123 e. The molecule has 2 nitrogen and oxygen atoms in total. The summed E-state index contributed by atoms with van der Waals surface area (Å²) in [5.74, 6) is 0.360. The lowest BCUT2D eigenvalue weighted by Crippen LogP contribution is -2.41. The van der Waals surface area contributed by atoms with E-state index in [0.717, 1.165) is 29.1 Å². The number of thiazole rings is 1. The van der Waals surface area contributed by atoms with Crippen LogP contribution >= 0.6 is 11.3 Å². The second-order valence-electron chi connectivity index (χ2n) is 5.64. The van der Waals surface area contributed by atoms with Crippen LogP contribution in [0.2, 0.25) is 0 Å². The molecule has 1 fully saturated rings. The number of halogens is 1. The standard InChI is InChI=1S/C16H19FN2S/c1-10-9-20-16(18-10)11(2)19-15-7-13(8-15)12-4-3-5-14(17)6-12/h3-6,9,11,13,15,19H,7-8H2,1-2H3. The normalized spacial score (nSPS) is 23.4. The molecule has 20 heavy (non-hydrogen) atoms. The molecule has 1 saturated carbocycles. The molecule has 1 aliphatic rings. The van der Waals surface area contributed by atoms with Crippen LogP contribution in [0.5, 0.6) is 0 Å². The third kappa shape index (κ3) is 2.91. The van der Waals surface area contributed by atoms with E-state index in [-0.39, 0.29) is 5.82 Å². The van der Waals surface area contributed by atoms with Gasteiger partial charge in [0.15, 0.2) is 0 Å². The minimum absolute atomic E-state index is 0.134. The molecule has 1 unspecified atom stereocenters. The average molecular weight is 290 g/mol. The van der Waals surface area contributed by atoms with Crippen LogP contribution in [0.15, 0.2) is 29.6 Å². The van der Waals surface area contributed by atoms with Gasteiger partial charge in [-0.2, -0.15) is 0 Å². The van der Waals surface area contributed by atoms with Crippen molar-refractivity contribution in [2.45, 2.75) is 44.7 Å². The Labute approximate surface area is 123 Å². The molecular formula is C16H19FN2S. The van der Waals surface area contributed by atoms with E-state index in [1.807, 2.05) is 13.0 Å². The maximum absolute atomic E-state index is 13.2. The van der Waals surface area contributed by atoms with Gasteiger partial charge in [-0.3, -0.25) is 0 Å². The van der Waals surface area contributed by atoms with Crippen LogP contribution in [0.25, 0.3) is 0 Å². The van der Waals surface area contributed by atoms with Crippen molar-refractivity contribution in [3.8, 4) is 0 Å². The Morgan fingerprint density at radius 1 is 1.40 bits per heavy atom. The lowest BCUT2D eigenvalue weighted by molar-refractivity contribution is 0.270. The second-order valence-corrected chi connectivity index (χ2v) is 6.53. The van der Waals surface area contributed by atoms with E-state index >= 15 is 0 Å². The van der Waals surface area contributed by atoms with E-state index in [1.54, 1.807) is 23.5 Å². The molecule has 3 rings (SSSR count). The Morgan fingerprint density at radius 3 is 2.85 bits per heavy atom. The van der Waals surface area contributed by atoms with Crippen LogP contribution in [0.4, 0.5) is 4.39 Å². The highest BCUT2D eigenvalue weighted by atomic mass is 32.1. The monoisotopic (exact) mass is 290 g/mol. The summed E-state index contributed by atoms with van der Waals surface area (Å²) in [4.78, 5) is 4.52. The molecule has 1 N–H and O–H groups in total. The minimum atomic E-state index is -0.134. The maximum Gasteiger partial charge on any atom is 0.123 e. The van der Waals surface area contributed by atoms with Crippen LogP contribution in [0.3, 0.4) is 0 Å². The molecule has 0 bridgehead atoms. The van der Waals surface area contributed by atoms with Crippen molar-refractivity contribution < 1.29 is 4.39 Å². The molecule has 0 aliphatic heterocycles. The van der Waals surface area contributed by atoms with Gasteiger partial charge in [0.2, 0.25) is 0 Å². The number of benzene rings is 1. The first kappa shape index (κ1) is 13.7. The molecule has 0 radical (unpaired) electrons. The molecule has 1 heterocycles. The molecule has 1 atom stereocenters. The Kier molecular flexibility index (Phi) is 3.85. The number of aromatic nitrogens is 1. The highest BCUT2D eigenvalue weighted by Gasteiger charge is 2.31. The number of rotatable bonds is 4. The van der Waals surface area contributed by atoms with Crippen LogP contribution in [-0.4, -0.2) is 11.0 Å². The van der Waals surface area contributed by atoms with Crippen molar-refractivity contribution in [1.29, 1.82) is 0 Å². The molecule has 1 aliphatic carbocycles. The predicted molar refractivity (Wildman–Crippen MR) is 80.6 cm³/mol. The van der Waals surface area contributed by atoms with Crippen molar-refractivity contribution >= 4 is 11.3 Å². The van der Waals surface area contributed by atoms with E-state index in [1.165, 1.54) is 6.07 Å². The second kappa shape index (κ2) is 5.62. The van der Waals surface area contributed by atoms with Gasteiger partial charge in [0.1, 0.15) is 10.8 Å². The molecule has 106 valence electrons. The Hall–Kier alpha value is -1.26. The third-order valence-corrected chi connectivity index (χ3v) is 5.10. The maximum atomic E-state index is 13.2. The summed E-state index contributed by atoms with van der Waals surface area (Å²) in [7, 11) is 0. The zero-order valence-corrected chi connectivity index (χ0v) is 12.6. The fourth-order valence-electron chi connectivity index (χ4n) is 2.78. The van der Waals surface area contributed by atoms with Crippen molar-refractivity contribution in [3.63, 3.8) is 0 Å². The van der Waals surface area contributed by atoms with Crippen molar-refractivity contribution in [3.05, 3.63) is 51.7 Å². The molecule has 1 aromatic carbocycles. The number of nitrogens with one attached hydrogen (secondary N) is 1. The van der Waals surface area contributed by atoms with Gasteiger partial charge < -0.3 is 5.32 Å². The number of hydrogen-bond donors (Lipinski definition) is 1. The van der Waals surface area contributed by atoms with E-state index < -0.39 is 0 Å². The van der Waals surface area contributed by atoms with Crippen LogP contribution in [-0.2, 0) is 0 Å². The SMILES string of the molecule is Cc1csc(C(C)NC2CC(c3cccc(F)c3)C2)n1. The van der Waals surface area contributed by atoms with Gasteiger partial charge in [0.05, 0.1) is 6.04 Å². The van der Waals surface area contributed by atoms with Gasteiger partial charge in [-0.15, -0.1) is 11.3 Å². The minimum Gasteiger partial charge on any atom is -0.305 e. The van der Waals surface area contributed by atoms with E-state index in [2.05, 4.69) is 22.6 Å². The highest BCUT2D eigenvalue weighted by molar-refractivity contribution is 7.09. The zero-order valence-electron chi connectivity index (χ0n) is 11.8. The summed E-state index contributed by atoms with van der Waals surface area (Å²) < 4.78 is 13.2. The molecule has 2 aromatic rings. The predicted octanol–water partition coefficient (Wildman–Crippen LogP) is 4.19. The van der Waals surface area contributed by atoms with Crippen LogP contribution in [0.1, 0.15) is 48.0 Å². The van der Waals surface area contributed by atoms with Gasteiger partial charge in [-0.05, 0) is 50.3 Å². The van der Waals surface area contributed by atoms with Crippen LogP contribution < -0.4 is 5.32 Å². The van der Waals surface area contributed by atoms with Gasteiger partial charge in [-0.25, -0.2) is 9.37 Å². The molecule has 4 heteroatoms. The molecule has 0 saturated heterocycles. The van der Waals surface area contributed by atoms with Gasteiger partial charge in [0, 0.05) is 17.1 Å². The summed E-state index contributed by atoms with van der Waals surface area (Å²) in [5, 5.41) is 6.85. The lowest BCUT2D eigenvalue weighted by Gasteiger charge is -2.37. The fraction of sp³-hybridized carbons (Fsp3) is 0.438. The molecule has 0 amide bonds. The summed E-state index contributed by atoms with van der Waals surface area (Å²) in [6.45, 7) is 4.18. The highest BCUT2D eigenvalue weighted by Crippen LogP contribution is 2.38. The number of nitrogens with zero attached hydrogens (tertiary/aromatic N) is 1. The Bertz CT molecular complexity index is 590. The Balaban J connectivity index is 1.53. The molecule has 1 aromatic heterocycles. The average Bonchev–Trinajstić information content (AvgIpc) is 2.80. The van der Waals surface area contributed by atoms with Gasteiger partial charge in [-0.1, -0.05) is 12.1 Å². The lowest BCUT2D eigenvalue weighted by atomic mass is 9.75. The fourth-order valence-corrected chi connectivity index (χ4v) is 3.60. The third-order valence-electron chi connectivity index (χ3n) is 3.95. The first-order valence-electron chi connectivity index (χ1n) is 7.05. The zero-order chi connectivity index (χ0) is 14.1. The Morgan fingerprint density at radius 2 is 2.20 bits per heavy atom. The van der Waals surface area contributed by atoms with Crippen molar-refractivity contribution in [1.82, 2.24) is 10.3 Å². The first-order chi connectivity index (χ1) is 9.61. The van der Waals surface area contributed by atoms with Crippen molar-refractivity contribution in [2.24, 2.45) is 0 Å². The number of aryl methyl sites for hydroxylation is 1. The van der Waals surface area contributed by atoms with Gasteiger partial charge >= 0.3 is 0 Å². The summed E-state index contributed by atoms with van der Waals surface area (Å²) in [5.41, 5.74) is 2.21. The van der Waals surface area contributed by atoms with Gasteiger partial charge in [0.25, 0.3) is 0 Å². The van der Waals surface area contributed by atoms with Crippen molar-refractivity contribution in [2.75, 3.05) is 0 Å². The number of hydrogen-bond acceptors (Lipinski definition) is 3. The quantitative estimate of drug-likeness (QED) is 0.913. The van der Waals surface area contributed by atoms with E-state index in [0.29, 0.717) is 18.0 Å². The first-order valence-corrected chi connectivity index (χ1v) is 7.93. The molecular weight excluding hydrogens is 271 g/mol.